The minimum atomic E-state index is -3.85. The molecule has 0 saturated carbocycles. The van der Waals surface area contributed by atoms with Crippen LogP contribution in [0.2, 0.25) is 18.1 Å². The largest absolute Gasteiger partial charge is 0.414 e. The minimum absolute atomic E-state index is 0.0637. The molecule has 1 aromatic heterocycles. The van der Waals surface area contributed by atoms with Crippen LogP contribution in [0.25, 0.3) is 0 Å². The number of methoxy groups -OCH3 is 1. The van der Waals surface area contributed by atoms with Gasteiger partial charge < -0.3 is 13.9 Å². The number of aromatic nitrogens is 2. The van der Waals surface area contributed by atoms with Crippen LogP contribution >= 0.6 is 0 Å². The van der Waals surface area contributed by atoms with Crippen LogP contribution < -0.4 is 11.2 Å². The lowest BCUT2D eigenvalue weighted by Crippen LogP contribution is -2.45. The van der Waals surface area contributed by atoms with Crippen molar-refractivity contribution >= 4 is 18.4 Å². The standard InChI is InChI=1S/C18H32N2O8SSi/c1-11-9-20(17(22)19-15(11)21)16-14(25-5)13(28-29(6,23)24)12(27-16)10-26-30(7,8)18(2,3)4/h9,12-14,16H,10H2,1-8H3,(H,19,21,22). The summed E-state index contributed by atoms with van der Waals surface area (Å²) in [5.41, 5.74) is -0.902. The second-order valence-electron chi connectivity index (χ2n) is 9.08. The topological polar surface area (TPSA) is 126 Å². The summed E-state index contributed by atoms with van der Waals surface area (Å²) < 4.78 is 47.9. The van der Waals surface area contributed by atoms with E-state index in [1.165, 1.54) is 17.9 Å². The lowest BCUT2D eigenvalue weighted by Gasteiger charge is -2.37. The molecule has 0 spiro atoms. The number of H-pyrrole nitrogens is 1. The van der Waals surface area contributed by atoms with Crippen molar-refractivity contribution in [3.63, 3.8) is 0 Å². The van der Waals surface area contributed by atoms with E-state index >= 15 is 0 Å². The highest BCUT2D eigenvalue weighted by Gasteiger charge is 2.50. The van der Waals surface area contributed by atoms with E-state index in [-0.39, 0.29) is 11.6 Å². The third kappa shape index (κ3) is 5.48. The molecule has 1 N–H and O–H groups in total. The van der Waals surface area contributed by atoms with Gasteiger partial charge >= 0.3 is 5.69 Å². The minimum Gasteiger partial charge on any atom is -0.414 e. The van der Waals surface area contributed by atoms with Crippen LogP contribution in [0.1, 0.15) is 32.6 Å². The summed E-state index contributed by atoms with van der Waals surface area (Å²) in [6.45, 7) is 12.0. The average molecular weight is 465 g/mol. The molecule has 4 unspecified atom stereocenters. The molecular formula is C18H32N2O8SSi. The second-order valence-corrected chi connectivity index (χ2v) is 15.5. The van der Waals surface area contributed by atoms with Crippen molar-refractivity contribution < 1.29 is 26.5 Å². The van der Waals surface area contributed by atoms with Crippen LogP contribution in [0.3, 0.4) is 0 Å². The molecule has 172 valence electrons. The first-order chi connectivity index (χ1) is 13.6. The normalized spacial score (nSPS) is 25.6. The maximum atomic E-state index is 12.4. The molecule has 0 amide bonds. The van der Waals surface area contributed by atoms with E-state index < -0.39 is 54.2 Å². The molecule has 10 nitrogen and oxygen atoms in total. The lowest BCUT2D eigenvalue weighted by molar-refractivity contribution is -0.0614. The molecular weight excluding hydrogens is 432 g/mol. The molecule has 1 aromatic rings. The molecule has 2 heterocycles. The van der Waals surface area contributed by atoms with Gasteiger partial charge in [-0.3, -0.25) is 18.5 Å². The molecule has 1 aliphatic rings. The van der Waals surface area contributed by atoms with Crippen LogP contribution in [0, 0.1) is 6.92 Å². The number of hydrogen-bond donors (Lipinski definition) is 1. The summed E-state index contributed by atoms with van der Waals surface area (Å²) in [6, 6.07) is 0. The highest BCUT2D eigenvalue weighted by atomic mass is 32.2. The van der Waals surface area contributed by atoms with Crippen LogP contribution in [-0.4, -0.2) is 64.6 Å². The van der Waals surface area contributed by atoms with Gasteiger partial charge in [0.2, 0.25) is 0 Å². The van der Waals surface area contributed by atoms with Crippen molar-refractivity contribution in [3.05, 3.63) is 32.6 Å². The monoisotopic (exact) mass is 464 g/mol. The molecule has 0 aromatic carbocycles. The average Bonchev–Trinajstić information content (AvgIpc) is 2.90. The van der Waals surface area contributed by atoms with Gasteiger partial charge in [-0.25, -0.2) is 4.79 Å². The molecule has 12 heteroatoms. The quantitative estimate of drug-likeness (QED) is 0.470. The summed E-state index contributed by atoms with van der Waals surface area (Å²) in [7, 11) is -4.63. The van der Waals surface area contributed by atoms with Crippen LogP contribution in [-0.2, 0) is 28.2 Å². The van der Waals surface area contributed by atoms with Crippen molar-refractivity contribution in [2.45, 2.75) is 70.4 Å². The maximum Gasteiger partial charge on any atom is 0.330 e. The lowest BCUT2D eigenvalue weighted by atomic mass is 10.1. The number of nitrogens with zero attached hydrogens (tertiary/aromatic N) is 1. The Bertz CT molecular complexity index is 979. The van der Waals surface area contributed by atoms with E-state index in [1.807, 2.05) is 0 Å². The number of rotatable bonds is 7. The van der Waals surface area contributed by atoms with Crippen molar-refractivity contribution in [3.8, 4) is 0 Å². The zero-order valence-corrected chi connectivity index (χ0v) is 20.5. The van der Waals surface area contributed by atoms with Crippen LogP contribution in [0.4, 0.5) is 0 Å². The Morgan fingerprint density at radius 1 is 1.23 bits per heavy atom. The number of nitrogens with one attached hydrogen (secondary N) is 1. The van der Waals surface area contributed by atoms with Crippen LogP contribution in [0.15, 0.2) is 15.8 Å². The predicted octanol–water partition coefficient (Wildman–Crippen LogP) is 1.12. The van der Waals surface area contributed by atoms with Gasteiger partial charge in [0, 0.05) is 18.9 Å². The Labute approximate surface area is 177 Å². The van der Waals surface area contributed by atoms with Crippen molar-refractivity contribution in [2.75, 3.05) is 20.0 Å². The molecule has 1 saturated heterocycles. The molecule has 1 aliphatic heterocycles. The van der Waals surface area contributed by atoms with E-state index in [0.29, 0.717) is 5.56 Å². The van der Waals surface area contributed by atoms with Crippen molar-refractivity contribution in [2.24, 2.45) is 0 Å². The molecule has 30 heavy (non-hydrogen) atoms. The second kappa shape index (κ2) is 8.67. The van der Waals surface area contributed by atoms with E-state index in [2.05, 4.69) is 38.8 Å². The molecule has 4 atom stereocenters. The molecule has 0 aliphatic carbocycles. The first-order valence-electron chi connectivity index (χ1n) is 9.60. The Hall–Kier alpha value is -1.31. The fourth-order valence-corrected chi connectivity index (χ4v) is 4.57. The first-order valence-corrected chi connectivity index (χ1v) is 14.3. The van der Waals surface area contributed by atoms with Gasteiger partial charge in [-0.05, 0) is 25.1 Å². The van der Waals surface area contributed by atoms with Gasteiger partial charge in [0.1, 0.15) is 18.3 Å². The highest BCUT2D eigenvalue weighted by Crippen LogP contribution is 2.39. The van der Waals surface area contributed by atoms with Gasteiger partial charge in [0.25, 0.3) is 15.7 Å². The van der Waals surface area contributed by atoms with Crippen LogP contribution in [0.5, 0.6) is 0 Å². The maximum absolute atomic E-state index is 12.4. The SMILES string of the molecule is COC1C(OS(C)(=O)=O)C(CO[Si](C)(C)C(C)(C)C)OC1n1cc(C)c(=O)[nH]c1=O. The van der Waals surface area contributed by atoms with Gasteiger partial charge in [-0.1, -0.05) is 20.8 Å². The number of aryl methyl sites for hydroxylation is 1. The highest BCUT2D eigenvalue weighted by molar-refractivity contribution is 7.86. The molecule has 0 bridgehead atoms. The zero-order valence-electron chi connectivity index (χ0n) is 18.7. The fourth-order valence-electron chi connectivity index (χ4n) is 2.92. The van der Waals surface area contributed by atoms with Gasteiger partial charge in [-0.15, -0.1) is 0 Å². The third-order valence-electron chi connectivity index (χ3n) is 5.68. The van der Waals surface area contributed by atoms with Crippen molar-refractivity contribution in [1.29, 1.82) is 0 Å². The number of aromatic amines is 1. The summed E-state index contributed by atoms with van der Waals surface area (Å²) in [5.74, 6) is 0. The summed E-state index contributed by atoms with van der Waals surface area (Å²) in [4.78, 5) is 26.3. The van der Waals surface area contributed by atoms with E-state index in [1.54, 1.807) is 6.92 Å². The summed E-state index contributed by atoms with van der Waals surface area (Å²) >= 11 is 0. The van der Waals surface area contributed by atoms with Crippen molar-refractivity contribution in [1.82, 2.24) is 9.55 Å². The van der Waals surface area contributed by atoms with E-state index in [0.717, 1.165) is 6.26 Å². The fraction of sp³-hybridized carbons (Fsp3) is 0.778. The Morgan fingerprint density at radius 3 is 2.33 bits per heavy atom. The van der Waals surface area contributed by atoms with E-state index in [4.69, 9.17) is 18.1 Å². The Balaban J connectivity index is 2.42. The molecule has 1 fully saturated rings. The molecule has 2 rings (SSSR count). The van der Waals surface area contributed by atoms with Gasteiger partial charge in [0.15, 0.2) is 14.5 Å². The van der Waals surface area contributed by atoms with E-state index in [9.17, 15) is 18.0 Å². The first kappa shape index (κ1) is 25.0. The zero-order chi connectivity index (χ0) is 23.1. The summed E-state index contributed by atoms with van der Waals surface area (Å²) in [5, 5.41) is -0.0637. The summed E-state index contributed by atoms with van der Waals surface area (Å²) in [6.07, 6.45) is -1.46. The third-order valence-corrected chi connectivity index (χ3v) is 10.8. The number of ether oxygens (including phenoxy) is 2. The molecule has 0 radical (unpaired) electrons. The smallest absolute Gasteiger partial charge is 0.330 e. The number of hydrogen-bond acceptors (Lipinski definition) is 8. The Morgan fingerprint density at radius 2 is 1.83 bits per heavy atom. The Kier molecular flexibility index (Phi) is 7.21. The predicted molar refractivity (Wildman–Crippen MR) is 114 cm³/mol. The van der Waals surface area contributed by atoms with Gasteiger partial charge in [-0.2, -0.15) is 8.42 Å². The van der Waals surface area contributed by atoms with Gasteiger partial charge in [0.05, 0.1) is 12.9 Å².